The molecule has 0 N–H and O–H groups in total. The third-order valence-electron chi connectivity index (χ3n) is 9.95. The van der Waals surface area contributed by atoms with Crippen molar-refractivity contribution < 1.29 is 0 Å². The van der Waals surface area contributed by atoms with Crippen molar-refractivity contribution >= 4 is 0 Å². The van der Waals surface area contributed by atoms with Crippen molar-refractivity contribution in [3.63, 3.8) is 0 Å². The lowest BCUT2D eigenvalue weighted by molar-refractivity contribution is 0.769. The summed E-state index contributed by atoms with van der Waals surface area (Å²) >= 11 is 0. The number of nitrogens with zero attached hydrogens (tertiary/aromatic N) is 2. The van der Waals surface area contributed by atoms with E-state index in [-0.39, 0.29) is 0 Å². The lowest BCUT2D eigenvalue weighted by Gasteiger charge is -2.34. The average molecular weight is 625 g/mol. The maximum absolute atomic E-state index is 4.52. The Morgan fingerprint density at radius 2 is 0.612 bits per heavy atom. The van der Waals surface area contributed by atoms with E-state index in [2.05, 4.69) is 156 Å². The van der Waals surface area contributed by atoms with Crippen molar-refractivity contribution in [3.05, 3.63) is 217 Å². The Kier molecular flexibility index (Phi) is 7.06. The average Bonchev–Trinajstić information content (AvgIpc) is 3.50. The molecule has 0 bridgehead atoms. The second kappa shape index (κ2) is 12.0. The van der Waals surface area contributed by atoms with Gasteiger partial charge < -0.3 is 0 Å². The largest absolute Gasteiger partial charge is 0.256 e. The van der Waals surface area contributed by atoms with Gasteiger partial charge in [-0.25, -0.2) is 0 Å². The highest BCUT2D eigenvalue weighted by Gasteiger charge is 2.45. The zero-order chi connectivity index (χ0) is 32.6. The van der Waals surface area contributed by atoms with Gasteiger partial charge in [-0.15, -0.1) is 0 Å². The molecule has 6 aromatic carbocycles. The van der Waals surface area contributed by atoms with E-state index in [9.17, 15) is 0 Å². The molecule has 2 heteroatoms. The zero-order valence-electron chi connectivity index (χ0n) is 26.9. The van der Waals surface area contributed by atoms with Crippen molar-refractivity contribution in [2.24, 2.45) is 0 Å². The summed E-state index contributed by atoms with van der Waals surface area (Å²) < 4.78 is 0. The summed E-state index contributed by atoms with van der Waals surface area (Å²) in [5, 5.41) is 0. The fraction of sp³-hybridized carbons (Fsp3) is 0.0213. The summed E-state index contributed by atoms with van der Waals surface area (Å²) in [4.78, 5) is 9.03. The van der Waals surface area contributed by atoms with Crippen LogP contribution in [0.5, 0.6) is 0 Å². The minimum absolute atomic E-state index is 0.448. The Morgan fingerprint density at radius 1 is 0.286 bits per heavy atom. The Morgan fingerprint density at radius 3 is 0.980 bits per heavy atom. The van der Waals surface area contributed by atoms with Gasteiger partial charge in [0.25, 0.3) is 0 Å². The van der Waals surface area contributed by atoms with Gasteiger partial charge in [-0.1, -0.05) is 158 Å². The molecule has 9 rings (SSSR count). The maximum atomic E-state index is 4.52. The molecule has 2 aromatic heterocycles. The predicted molar refractivity (Wildman–Crippen MR) is 201 cm³/mol. The molecule has 8 aromatic rings. The number of fused-ring (bicyclic) bond motifs is 3. The van der Waals surface area contributed by atoms with Crippen molar-refractivity contribution in [1.82, 2.24) is 9.97 Å². The van der Waals surface area contributed by atoms with E-state index in [1.54, 1.807) is 0 Å². The molecular weight excluding hydrogens is 593 g/mol. The van der Waals surface area contributed by atoms with Crippen LogP contribution >= 0.6 is 0 Å². The van der Waals surface area contributed by atoms with Crippen LogP contribution in [0.4, 0.5) is 0 Å². The first-order chi connectivity index (χ1) is 24.3. The van der Waals surface area contributed by atoms with E-state index in [1.165, 1.54) is 55.6 Å². The highest BCUT2D eigenvalue weighted by molar-refractivity contribution is 5.86. The van der Waals surface area contributed by atoms with Crippen molar-refractivity contribution in [2.75, 3.05) is 0 Å². The third-order valence-corrected chi connectivity index (χ3v) is 9.95. The van der Waals surface area contributed by atoms with E-state index in [0.29, 0.717) is 0 Å². The number of hydrogen-bond donors (Lipinski definition) is 0. The molecule has 1 aliphatic rings. The van der Waals surface area contributed by atoms with E-state index in [4.69, 9.17) is 0 Å². The summed E-state index contributed by atoms with van der Waals surface area (Å²) in [6.07, 6.45) is 3.68. The molecular formula is C47H32N2. The third kappa shape index (κ3) is 4.89. The van der Waals surface area contributed by atoms with Crippen LogP contribution in [0.2, 0.25) is 0 Å². The second-order valence-corrected chi connectivity index (χ2v) is 12.6. The van der Waals surface area contributed by atoms with Crippen LogP contribution in [-0.4, -0.2) is 9.97 Å². The summed E-state index contributed by atoms with van der Waals surface area (Å²) in [7, 11) is 0. The van der Waals surface area contributed by atoms with Crippen LogP contribution in [0.1, 0.15) is 22.3 Å². The number of aromatic nitrogens is 2. The monoisotopic (exact) mass is 624 g/mol. The lowest BCUT2D eigenvalue weighted by Crippen LogP contribution is -2.28. The fourth-order valence-electron chi connectivity index (χ4n) is 7.58. The molecule has 0 aliphatic heterocycles. The van der Waals surface area contributed by atoms with Crippen molar-refractivity contribution in [2.45, 2.75) is 5.41 Å². The Balaban J connectivity index is 1.12. The van der Waals surface area contributed by atoms with Gasteiger partial charge in [-0.2, -0.15) is 0 Å². The predicted octanol–water partition coefficient (Wildman–Crippen LogP) is 11.5. The van der Waals surface area contributed by atoms with Gasteiger partial charge >= 0.3 is 0 Å². The molecule has 0 saturated carbocycles. The fourth-order valence-corrected chi connectivity index (χ4v) is 7.58. The van der Waals surface area contributed by atoms with Gasteiger partial charge in [0.1, 0.15) is 0 Å². The summed E-state index contributed by atoms with van der Waals surface area (Å²) in [6, 6.07) is 65.6. The minimum Gasteiger partial charge on any atom is -0.256 e. The topological polar surface area (TPSA) is 25.8 Å². The number of benzene rings is 6. The quantitative estimate of drug-likeness (QED) is 0.184. The van der Waals surface area contributed by atoms with Crippen LogP contribution in [0.3, 0.4) is 0 Å². The van der Waals surface area contributed by atoms with Crippen LogP contribution in [0, 0.1) is 0 Å². The molecule has 0 spiro atoms. The lowest BCUT2D eigenvalue weighted by atomic mass is 9.67. The van der Waals surface area contributed by atoms with Crippen LogP contribution in [0.25, 0.3) is 55.9 Å². The first-order valence-corrected chi connectivity index (χ1v) is 16.7. The molecule has 0 saturated heterocycles. The van der Waals surface area contributed by atoms with Gasteiger partial charge in [0, 0.05) is 23.5 Å². The molecule has 0 radical (unpaired) electrons. The first kappa shape index (κ1) is 28.8. The normalized spacial score (nSPS) is 12.7. The molecule has 0 unspecified atom stereocenters. The molecule has 2 heterocycles. The highest BCUT2D eigenvalue weighted by atomic mass is 14.7. The molecule has 2 nitrogen and oxygen atoms in total. The molecule has 0 atom stereocenters. The van der Waals surface area contributed by atoms with Crippen molar-refractivity contribution in [1.29, 1.82) is 0 Å². The van der Waals surface area contributed by atoms with E-state index < -0.39 is 5.41 Å². The summed E-state index contributed by atoms with van der Waals surface area (Å²) in [6.45, 7) is 0. The minimum atomic E-state index is -0.448. The standard InChI is InChI=1S/C47H32N2/c1-3-11-43-41(9-1)42-10-2-4-12-44(42)47(43,39-27-23-35(24-28-39)33-15-19-37(20-16-33)45-13-5-7-31-48-45)40-29-25-36(26-30-40)34-17-21-38(22-18-34)46-14-6-8-32-49-46/h1-32H. The number of pyridine rings is 2. The molecule has 0 fully saturated rings. The maximum Gasteiger partial charge on any atom is 0.0713 e. The SMILES string of the molecule is c1ccc(-c2ccc(-c3ccc(C4(c5ccc(-c6ccc(-c7ccccn7)cc6)cc5)c5ccccc5-c5ccccc54)cc3)cc2)nc1. The first-order valence-electron chi connectivity index (χ1n) is 16.7. The number of rotatable bonds is 6. The summed E-state index contributed by atoms with van der Waals surface area (Å²) in [5.41, 5.74) is 16.2. The van der Waals surface area contributed by atoms with Gasteiger partial charge in [0.05, 0.1) is 16.8 Å². The van der Waals surface area contributed by atoms with Gasteiger partial charge in [0.2, 0.25) is 0 Å². The Labute approximate surface area is 287 Å². The number of hydrogen-bond acceptors (Lipinski definition) is 2. The molecule has 49 heavy (non-hydrogen) atoms. The van der Waals surface area contributed by atoms with Gasteiger partial charge in [-0.05, 0) is 79.9 Å². The Hall–Kier alpha value is -6.38. The van der Waals surface area contributed by atoms with E-state index in [0.717, 1.165) is 22.5 Å². The summed E-state index contributed by atoms with van der Waals surface area (Å²) in [5.74, 6) is 0. The van der Waals surface area contributed by atoms with Gasteiger partial charge in [-0.3, -0.25) is 9.97 Å². The van der Waals surface area contributed by atoms with E-state index >= 15 is 0 Å². The van der Waals surface area contributed by atoms with Gasteiger partial charge in [0.15, 0.2) is 0 Å². The van der Waals surface area contributed by atoms with Crippen LogP contribution in [0.15, 0.2) is 194 Å². The molecule has 0 amide bonds. The van der Waals surface area contributed by atoms with Crippen LogP contribution < -0.4 is 0 Å². The van der Waals surface area contributed by atoms with Crippen LogP contribution in [-0.2, 0) is 5.41 Å². The van der Waals surface area contributed by atoms with E-state index in [1.807, 2.05) is 48.8 Å². The Bertz CT molecular complexity index is 2200. The molecule has 1 aliphatic carbocycles. The second-order valence-electron chi connectivity index (χ2n) is 12.6. The highest BCUT2D eigenvalue weighted by Crippen LogP contribution is 2.56. The van der Waals surface area contributed by atoms with Crippen molar-refractivity contribution in [3.8, 4) is 55.9 Å². The molecule has 230 valence electrons. The smallest absolute Gasteiger partial charge is 0.0713 e. The zero-order valence-corrected chi connectivity index (χ0v) is 26.9.